The molecule has 2 aromatic rings. The maximum atomic E-state index is 10.8. The molecule has 2 N–H and O–H groups in total. The topological polar surface area (TPSA) is 58.0 Å². The maximum Gasteiger partial charge on any atom is 0.264 e. The lowest BCUT2D eigenvalue weighted by Crippen LogP contribution is -2.02. The zero-order chi connectivity index (χ0) is 9.26. The van der Waals surface area contributed by atoms with Crippen LogP contribution in [0.2, 0.25) is 0 Å². The third-order valence-corrected chi connectivity index (χ3v) is 1.73. The Balaban J connectivity index is 2.47. The zero-order valence-corrected chi connectivity index (χ0v) is 6.77. The molecular formula is C9H8N2O2. The van der Waals surface area contributed by atoms with E-state index in [1.165, 1.54) is 6.07 Å². The van der Waals surface area contributed by atoms with Crippen LogP contribution in [0.5, 0.6) is 5.75 Å². The molecule has 66 valence electrons. The molecule has 0 fully saturated rings. The molecule has 0 amide bonds. The normalized spacial score (nSPS) is 10.2. The Labute approximate surface area is 74.1 Å². The van der Waals surface area contributed by atoms with Gasteiger partial charge in [-0.1, -0.05) is 0 Å². The first-order valence-electron chi connectivity index (χ1n) is 3.83. The summed E-state index contributed by atoms with van der Waals surface area (Å²) in [6.07, 6.45) is 1.63. The zero-order valence-electron chi connectivity index (χ0n) is 6.77. The van der Waals surface area contributed by atoms with E-state index < -0.39 is 0 Å². The first-order chi connectivity index (χ1) is 6.25. The van der Waals surface area contributed by atoms with E-state index in [0.717, 1.165) is 5.69 Å². The summed E-state index contributed by atoms with van der Waals surface area (Å²) >= 11 is 0. The molecule has 13 heavy (non-hydrogen) atoms. The van der Waals surface area contributed by atoms with Gasteiger partial charge in [-0.05, 0) is 24.3 Å². The summed E-state index contributed by atoms with van der Waals surface area (Å²) in [5.74, 6) is 0.207. The summed E-state index contributed by atoms with van der Waals surface area (Å²) < 4.78 is 1.59. The summed E-state index contributed by atoms with van der Waals surface area (Å²) in [4.78, 5) is 10.8. The third kappa shape index (κ3) is 1.46. The number of aromatic hydroxyl groups is 1. The number of nitrogens with zero attached hydrogens (tertiary/aromatic N) is 1. The van der Waals surface area contributed by atoms with E-state index in [0.29, 0.717) is 0 Å². The lowest BCUT2D eigenvalue weighted by atomic mass is 10.3. The van der Waals surface area contributed by atoms with Crippen molar-refractivity contribution >= 4 is 0 Å². The fraction of sp³-hybridized carbons (Fsp3) is 0. The minimum absolute atomic E-state index is 0.145. The highest BCUT2D eigenvalue weighted by Gasteiger charge is 1.95. The molecular weight excluding hydrogens is 168 g/mol. The highest BCUT2D eigenvalue weighted by atomic mass is 16.3. The van der Waals surface area contributed by atoms with Crippen LogP contribution in [0.4, 0.5) is 0 Å². The van der Waals surface area contributed by atoms with Crippen LogP contribution in [0.25, 0.3) is 5.69 Å². The number of hydrogen-bond acceptors (Lipinski definition) is 2. The third-order valence-electron chi connectivity index (χ3n) is 1.73. The van der Waals surface area contributed by atoms with Gasteiger partial charge >= 0.3 is 0 Å². The van der Waals surface area contributed by atoms with Crippen molar-refractivity contribution in [2.45, 2.75) is 0 Å². The number of nitrogens with one attached hydrogen (secondary N) is 1. The van der Waals surface area contributed by atoms with Crippen molar-refractivity contribution in [3.05, 3.63) is 46.9 Å². The average Bonchev–Trinajstić information content (AvgIpc) is 2.53. The molecule has 0 aliphatic heterocycles. The van der Waals surface area contributed by atoms with E-state index in [-0.39, 0.29) is 11.3 Å². The molecule has 0 saturated heterocycles. The largest absolute Gasteiger partial charge is 0.508 e. The van der Waals surface area contributed by atoms with Crippen LogP contribution in [-0.4, -0.2) is 14.9 Å². The second-order valence-electron chi connectivity index (χ2n) is 2.68. The minimum atomic E-state index is -0.145. The van der Waals surface area contributed by atoms with Crippen LogP contribution in [0, 0.1) is 0 Å². The van der Waals surface area contributed by atoms with Crippen LogP contribution in [0.15, 0.2) is 41.3 Å². The first kappa shape index (κ1) is 7.67. The number of aromatic nitrogens is 2. The van der Waals surface area contributed by atoms with Crippen molar-refractivity contribution in [1.82, 2.24) is 9.78 Å². The highest BCUT2D eigenvalue weighted by Crippen LogP contribution is 2.11. The Hall–Kier alpha value is -1.97. The van der Waals surface area contributed by atoms with Crippen LogP contribution in [0.3, 0.4) is 0 Å². The van der Waals surface area contributed by atoms with Crippen LogP contribution >= 0.6 is 0 Å². The van der Waals surface area contributed by atoms with E-state index in [1.807, 2.05) is 0 Å². The Kier molecular flexibility index (Phi) is 1.66. The maximum absolute atomic E-state index is 10.8. The average molecular weight is 176 g/mol. The van der Waals surface area contributed by atoms with E-state index in [1.54, 1.807) is 35.1 Å². The number of phenols is 1. The second-order valence-corrected chi connectivity index (χ2v) is 2.68. The smallest absolute Gasteiger partial charge is 0.264 e. The molecule has 1 aromatic carbocycles. The van der Waals surface area contributed by atoms with E-state index >= 15 is 0 Å². The van der Waals surface area contributed by atoms with E-state index in [4.69, 9.17) is 5.11 Å². The van der Waals surface area contributed by atoms with Gasteiger partial charge in [-0.3, -0.25) is 14.6 Å². The highest BCUT2D eigenvalue weighted by molar-refractivity contribution is 5.35. The summed E-state index contributed by atoms with van der Waals surface area (Å²) in [5.41, 5.74) is 0.660. The number of rotatable bonds is 1. The summed E-state index contributed by atoms with van der Waals surface area (Å²) in [6.45, 7) is 0. The monoisotopic (exact) mass is 176 g/mol. The molecule has 0 spiro atoms. The molecule has 2 rings (SSSR count). The number of aromatic amines is 1. The number of H-pyrrole nitrogens is 1. The number of hydrogen-bond donors (Lipinski definition) is 2. The Morgan fingerprint density at radius 3 is 2.38 bits per heavy atom. The second kappa shape index (κ2) is 2.82. The summed E-state index contributed by atoms with van der Waals surface area (Å²) in [5, 5.41) is 11.6. The number of phenolic OH excluding ortho intramolecular Hbond substituents is 1. The van der Waals surface area contributed by atoms with E-state index in [9.17, 15) is 4.79 Å². The van der Waals surface area contributed by atoms with Gasteiger partial charge in [0.2, 0.25) is 0 Å². The van der Waals surface area contributed by atoms with Gasteiger partial charge < -0.3 is 5.11 Å². The van der Waals surface area contributed by atoms with Crippen molar-refractivity contribution in [1.29, 1.82) is 0 Å². The quantitative estimate of drug-likeness (QED) is 0.677. The van der Waals surface area contributed by atoms with E-state index in [2.05, 4.69) is 5.10 Å². The van der Waals surface area contributed by atoms with Gasteiger partial charge in [0.05, 0.1) is 5.69 Å². The van der Waals surface area contributed by atoms with Crippen molar-refractivity contribution < 1.29 is 5.11 Å². The lowest BCUT2D eigenvalue weighted by Gasteiger charge is -2.00. The minimum Gasteiger partial charge on any atom is -0.508 e. The summed E-state index contributed by atoms with van der Waals surface area (Å²) in [6, 6.07) is 7.99. The molecule has 1 aromatic heterocycles. The summed E-state index contributed by atoms with van der Waals surface area (Å²) in [7, 11) is 0. The molecule has 4 heteroatoms. The Morgan fingerprint density at radius 2 is 1.85 bits per heavy atom. The molecule has 0 atom stereocenters. The predicted molar refractivity (Wildman–Crippen MR) is 48.1 cm³/mol. The first-order valence-corrected chi connectivity index (χ1v) is 3.83. The van der Waals surface area contributed by atoms with Gasteiger partial charge in [-0.25, -0.2) is 0 Å². The van der Waals surface area contributed by atoms with Crippen molar-refractivity contribution in [3.8, 4) is 11.4 Å². The van der Waals surface area contributed by atoms with Crippen molar-refractivity contribution in [3.63, 3.8) is 0 Å². The Bertz CT molecular complexity index is 453. The van der Waals surface area contributed by atoms with Crippen LogP contribution in [0.1, 0.15) is 0 Å². The SMILES string of the molecule is O=c1ccn(-c2ccc(O)cc2)[nH]1. The molecule has 1 heterocycles. The van der Waals surface area contributed by atoms with Gasteiger partial charge in [0.1, 0.15) is 5.75 Å². The van der Waals surface area contributed by atoms with Crippen molar-refractivity contribution in [2.24, 2.45) is 0 Å². The fourth-order valence-corrected chi connectivity index (χ4v) is 1.10. The van der Waals surface area contributed by atoms with Gasteiger partial charge in [0.15, 0.2) is 0 Å². The van der Waals surface area contributed by atoms with Crippen molar-refractivity contribution in [2.75, 3.05) is 0 Å². The molecule has 0 aliphatic rings. The molecule has 0 unspecified atom stereocenters. The molecule has 0 saturated carbocycles. The van der Waals surface area contributed by atoms with Gasteiger partial charge in [0, 0.05) is 12.3 Å². The van der Waals surface area contributed by atoms with Crippen LogP contribution in [-0.2, 0) is 0 Å². The van der Waals surface area contributed by atoms with Gasteiger partial charge in [-0.15, -0.1) is 0 Å². The molecule has 0 radical (unpaired) electrons. The molecule has 0 aliphatic carbocycles. The molecule has 4 nitrogen and oxygen atoms in total. The molecule has 0 bridgehead atoms. The Morgan fingerprint density at radius 1 is 1.15 bits per heavy atom. The van der Waals surface area contributed by atoms with Gasteiger partial charge in [-0.2, -0.15) is 0 Å². The van der Waals surface area contributed by atoms with Gasteiger partial charge in [0.25, 0.3) is 5.56 Å². The standard InChI is InChI=1S/C9H8N2O2/c12-8-3-1-7(2-4-8)11-6-5-9(13)10-11/h1-6,12H,(H,10,13). The fourth-order valence-electron chi connectivity index (χ4n) is 1.10. The predicted octanol–water partition coefficient (Wildman–Crippen LogP) is 0.871. The number of benzene rings is 1. The lowest BCUT2D eigenvalue weighted by molar-refractivity contribution is 0.475. The van der Waals surface area contributed by atoms with Crippen LogP contribution < -0.4 is 5.56 Å².